The zero-order valence-electron chi connectivity index (χ0n) is 22.4. The van der Waals surface area contributed by atoms with Gasteiger partial charge in [-0.2, -0.15) is 0 Å². The third kappa shape index (κ3) is 5.11. The number of benzene rings is 1. The Labute approximate surface area is 204 Å². The van der Waals surface area contributed by atoms with Crippen LogP contribution in [-0.2, 0) is 16.6 Å². The second kappa shape index (κ2) is 9.40. The van der Waals surface area contributed by atoms with E-state index in [4.69, 9.17) is 0 Å². The molecule has 0 fully saturated rings. The Bertz CT molecular complexity index is 978. The van der Waals surface area contributed by atoms with E-state index in [-0.39, 0.29) is 10.5 Å². The maximum atomic E-state index is 2.64. The molecule has 174 valence electrons. The van der Waals surface area contributed by atoms with Gasteiger partial charge in [-0.25, -0.2) is 0 Å². The molecule has 0 aromatic heterocycles. The van der Waals surface area contributed by atoms with Gasteiger partial charge in [0.2, 0.25) is 0 Å². The Hall–Kier alpha value is -0.889. The first-order chi connectivity index (χ1) is 14.8. The molecule has 0 aliphatic heterocycles. The van der Waals surface area contributed by atoms with E-state index >= 15 is 0 Å². The fourth-order valence-electron chi connectivity index (χ4n) is 7.16. The molecule has 0 nitrogen and oxygen atoms in total. The quantitative estimate of drug-likeness (QED) is 0.344. The van der Waals surface area contributed by atoms with E-state index in [9.17, 15) is 0 Å². The Balaban J connectivity index is 2.24. The number of allylic oxidation sites excluding steroid dienone is 8. The summed E-state index contributed by atoms with van der Waals surface area (Å²) in [4.78, 5) is 0. The molecular weight excluding hydrogens is 436 g/mol. The summed E-state index contributed by atoms with van der Waals surface area (Å²) in [7, 11) is -0.566. The average Bonchev–Trinajstić information content (AvgIpc) is 2.81. The fraction of sp³-hybridized carbons (Fsp3) is 0.533. The zero-order chi connectivity index (χ0) is 23.9. The summed E-state index contributed by atoms with van der Waals surface area (Å²) in [6.45, 7) is 16.7. The van der Waals surface area contributed by atoms with Gasteiger partial charge in [0, 0.05) is 0 Å². The standard InChI is InChI=1S/C27H37Si.3CH3.Ti/c1-19(2)16-26(11-9-8-10-12-26)18-27(17-22(5)23(6)24(27)7)28-25-14-20(3)13-21(4)15-25;;;;/h8-11,13-15,19H,12,16,18,28H2,1-7H3;3*1H3;. The summed E-state index contributed by atoms with van der Waals surface area (Å²) in [5.74, 6) is 0.711. The van der Waals surface area contributed by atoms with Crippen molar-refractivity contribution in [2.75, 3.05) is 0 Å². The molecule has 0 N–H and O–H groups in total. The predicted molar refractivity (Wildman–Crippen MR) is 145 cm³/mol. The molecule has 0 radical (unpaired) electrons. The molecule has 0 heterocycles. The van der Waals surface area contributed by atoms with Crippen LogP contribution in [0.25, 0.3) is 0 Å². The minimum absolute atomic E-state index is 0.277. The summed E-state index contributed by atoms with van der Waals surface area (Å²) in [5.41, 5.74) is 8.10. The Morgan fingerprint density at radius 2 is 1.53 bits per heavy atom. The van der Waals surface area contributed by atoms with Gasteiger partial charge in [-0.15, -0.1) is 0 Å². The van der Waals surface area contributed by atoms with Crippen molar-refractivity contribution in [1.29, 1.82) is 0 Å². The van der Waals surface area contributed by atoms with Crippen LogP contribution in [0, 0.1) is 25.2 Å². The van der Waals surface area contributed by atoms with Crippen LogP contribution in [0.5, 0.6) is 0 Å². The minimum atomic E-state index is -2.10. The Morgan fingerprint density at radius 3 is 2.03 bits per heavy atom. The maximum absolute atomic E-state index is 2.64. The van der Waals surface area contributed by atoms with Crippen LogP contribution < -0.4 is 5.19 Å². The van der Waals surface area contributed by atoms with Gasteiger partial charge in [-0.3, -0.25) is 0 Å². The van der Waals surface area contributed by atoms with Gasteiger partial charge in [0.1, 0.15) is 0 Å². The van der Waals surface area contributed by atoms with Crippen LogP contribution in [0.3, 0.4) is 0 Å². The number of hydrogen-bond donors (Lipinski definition) is 0. The first kappa shape index (κ1) is 25.7. The predicted octanol–water partition coefficient (Wildman–Crippen LogP) is 8.12. The van der Waals surface area contributed by atoms with Crippen LogP contribution in [0.4, 0.5) is 0 Å². The number of rotatable bonds is 7. The van der Waals surface area contributed by atoms with Crippen molar-refractivity contribution in [3.8, 4) is 0 Å². The molecule has 2 aliphatic carbocycles. The second-order valence-corrected chi connectivity index (χ2v) is 22.6. The number of aryl methyl sites for hydroxylation is 2. The van der Waals surface area contributed by atoms with E-state index in [1.165, 1.54) is 30.4 Å². The van der Waals surface area contributed by atoms with E-state index in [1.807, 2.05) is 3.88 Å². The summed E-state index contributed by atoms with van der Waals surface area (Å²) < 4.78 is 1.92. The molecule has 2 heteroatoms. The fourth-order valence-corrected chi connectivity index (χ4v) is 17.6. The van der Waals surface area contributed by atoms with Crippen molar-refractivity contribution in [1.82, 2.24) is 0 Å². The van der Waals surface area contributed by atoms with Gasteiger partial charge < -0.3 is 0 Å². The molecule has 0 spiro atoms. The molecule has 0 saturated heterocycles. The van der Waals surface area contributed by atoms with Crippen molar-refractivity contribution >= 4 is 14.7 Å². The van der Waals surface area contributed by atoms with Crippen molar-refractivity contribution in [2.24, 2.45) is 11.3 Å². The van der Waals surface area contributed by atoms with Crippen LogP contribution in [0.1, 0.15) is 65.0 Å². The average molecular weight is 483 g/mol. The van der Waals surface area contributed by atoms with E-state index in [0.717, 1.165) is 0 Å². The molecular formula is C30H46SiTi. The van der Waals surface area contributed by atoms with Crippen LogP contribution in [0.15, 0.2) is 63.1 Å². The molecule has 2 aliphatic rings. The van der Waals surface area contributed by atoms with Crippen molar-refractivity contribution < 1.29 is 16.6 Å². The van der Waals surface area contributed by atoms with E-state index in [2.05, 4.69) is 107 Å². The van der Waals surface area contributed by atoms with E-state index in [1.54, 1.807) is 21.9 Å². The summed E-state index contributed by atoms with van der Waals surface area (Å²) in [6.07, 6.45) is 13.4. The van der Waals surface area contributed by atoms with Crippen LogP contribution in [-0.4, -0.2) is 9.52 Å². The molecule has 0 bridgehead atoms. The zero-order valence-corrected chi connectivity index (χ0v) is 25.4. The first-order valence-electron chi connectivity index (χ1n) is 12.6. The third-order valence-electron chi connectivity index (χ3n) is 7.92. The van der Waals surface area contributed by atoms with E-state index in [0.29, 0.717) is 5.92 Å². The summed E-state index contributed by atoms with van der Waals surface area (Å²) in [6, 6.07) is 7.36. The molecule has 0 saturated carbocycles. The van der Waals surface area contributed by atoms with Crippen molar-refractivity contribution in [3.05, 3.63) is 74.2 Å². The Morgan fingerprint density at radius 1 is 0.906 bits per heavy atom. The van der Waals surface area contributed by atoms with Gasteiger partial charge in [0.25, 0.3) is 0 Å². The van der Waals surface area contributed by atoms with Gasteiger partial charge in [0.05, 0.1) is 0 Å². The summed E-state index contributed by atoms with van der Waals surface area (Å²) >= 11 is -2.10. The SMILES string of the molecule is CC1=C(C)C(CC2(CC(C)C)C=CC=CC2)([SiH2]c2cc(C)cc(C)c2)[C]([Ti]([CH3])([CH3])[CH3])=C1C. The van der Waals surface area contributed by atoms with Crippen molar-refractivity contribution in [2.45, 2.75) is 88.5 Å². The van der Waals surface area contributed by atoms with E-state index < -0.39 is 26.1 Å². The third-order valence-corrected chi connectivity index (χ3v) is 14.7. The normalized spacial score (nSPS) is 26.5. The van der Waals surface area contributed by atoms with Crippen molar-refractivity contribution in [3.63, 3.8) is 0 Å². The molecule has 2 unspecified atom stereocenters. The van der Waals surface area contributed by atoms with Gasteiger partial charge in [-0.1, -0.05) is 0 Å². The molecule has 3 rings (SSSR count). The molecule has 32 heavy (non-hydrogen) atoms. The van der Waals surface area contributed by atoms with Gasteiger partial charge in [0.15, 0.2) is 0 Å². The second-order valence-electron chi connectivity index (χ2n) is 12.4. The first-order valence-corrected chi connectivity index (χ1v) is 19.5. The van der Waals surface area contributed by atoms with Gasteiger partial charge >= 0.3 is 205 Å². The molecule has 2 atom stereocenters. The van der Waals surface area contributed by atoms with Crippen LogP contribution >= 0.6 is 0 Å². The molecule has 1 aromatic rings. The Kier molecular flexibility index (Phi) is 7.56. The van der Waals surface area contributed by atoms with Gasteiger partial charge in [-0.05, 0) is 0 Å². The number of hydrogen-bond acceptors (Lipinski definition) is 0. The molecule has 0 amide bonds. The molecule has 1 aromatic carbocycles. The topological polar surface area (TPSA) is 0 Å². The monoisotopic (exact) mass is 482 g/mol. The van der Waals surface area contributed by atoms with Crippen LogP contribution in [0.2, 0.25) is 20.7 Å². The summed E-state index contributed by atoms with van der Waals surface area (Å²) in [5, 5.41) is 9.86.